The van der Waals surface area contributed by atoms with Gasteiger partial charge in [-0.3, -0.25) is 0 Å². The fourth-order valence-corrected chi connectivity index (χ4v) is 1.77. The monoisotopic (exact) mass is 221 g/mol. The van der Waals surface area contributed by atoms with Crippen LogP contribution in [-0.4, -0.2) is 31.3 Å². The molecule has 0 aromatic carbocycles. The van der Waals surface area contributed by atoms with Gasteiger partial charge in [-0.05, 0) is 31.4 Å². The van der Waals surface area contributed by atoms with E-state index >= 15 is 0 Å². The standard InChI is InChI=1S/C12H19N3O/c1-9-7-12(14-8-11(9)13)15(5-6-16-2)10-3-4-10/h7-8,10H,3-6,13H2,1-2H3. The summed E-state index contributed by atoms with van der Waals surface area (Å²) in [6, 6.07) is 2.70. The molecule has 1 aromatic heterocycles. The van der Waals surface area contributed by atoms with Crippen molar-refractivity contribution in [2.24, 2.45) is 0 Å². The first-order chi connectivity index (χ1) is 7.72. The van der Waals surface area contributed by atoms with Crippen molar-refractivity contribution in [1.29, 1.82) is 0 Å². The first-order valence-electron chi connectivity index (χ1n) is 5.70. The molecule has 0 atom stereocenters. The fourth-order valence-electron chi connectivity index (χ4n) is 1.77. The lowest BCUT2D eigenvalue weighted by molar-refractivity contribution is 0.204. The average molecular weight is 221 g/mol. The van der Waals surface area contributed by atoms with E-state index in [1.54, 1.807) is 13.3 Å². The van der Waals surface area contributed by atoms with Crippen LogP contribution in [0.2, 0.25) is 0 Å². The highest BCUT2D eigenvalue weighted by molar-refractivity contribution is 5.53. The summed E-state index contributed by atoms with van der Waals surface area (Å²) in [5.41, 5.74) is 7.62. The second kappa shape index (κ2) is 4.70. The van der Waals surface area contributed by atoms with Gasteiger partial charge in [-0.25, -0.2) is 4.98 Å². The van der Waals surface area contributed by atoms with E-state index < -0.39 is 0 Å². The molecule has 0 saturated heterocycles. The van der Waals surface area contributed by atoms with E-state index in [1.807, 2.05) is 6.92 Å². The molecule has 0 radical (unpaired) electrons. The van der Waals surface area contributed by atoms with Crippen molar-refractivity contribution in [2.75, 3.05) is 30.9 Å². The second-order valence-electron chi connectivity index (χ2n) is 4.32. The summed E-state index contributed by atoms with van der Waals surface area (Å²) in [4.78, 5) is 6.71. The molecule has 0 aliphatic heterocycles. The quantitative estimate of drug-likeness (QED) is 0.820. The summed E-state index contributed by atoms with van der Waals surface area (Å²) in [6.07, 6.45) is 4.26. The highest BCUT2D eigenvalue weighted by Gasteiger charge is 2.29. The van der Waals surface area contributed by atoms with Crippen LogP contribution in [0.1, 0.15) is 18.4 Å². The molecule has 0 spiro atoms. The van der Waals surface area contributed by atoms with Crippen molar-refractivity contribution in [1.82, 2.24) is 4.98 Å². The first kappa shape index (κ1) is 11.2. The molecule has 1 heterocycles. The molecule has 16 heavy (non-hydrogen) atoms. The highest BCUT2D eigenvalue weighted by atomic mass is 16.5. The molecule has 2 N–H and O–H groups in total. The van der Waals surface area contributed by atoms with E-state index in [2.05, 4.69) is 16.0 Å². The van der Waals surface area contributed by atoms with Crippen molar-refractivity contribution >= 4 is 11.5 Å². The van der Waals surface area contributed by atoms with Gasteiger partial charge in [0, 0.05) is 19.7 Å². The number of anilines is 2. The molecule has 1 aromatic rings. The summed E-state index contributed by atoms with van der Waals surface area (Å²) in [5.74, 6) is 1.02. The van der Waals surface area contributed by atoms with Crippen LogP contribution >= 0.6 is 0 Å². The predicted octanol–water partition coefficient (Wildman–Crippen LogP) is 1.59. The number of ether oxygens (including phenoxy) is 1. The Hall–Kier alpha value is -1.29. The average Bonchev–Trinajstić information content (AvgIpc) is 3.08. The van der Waals surface area contributed by atoms with Crippen LogP contribution in [0.3, 0.4) is 0 Å². The molecule has 4 nitrogen and oxygen atoms in total. The maximum Gasteiger partial charge on any atom is 0.129 e. The van der Waals surface area contributed by atoms with Gasteiger partial charge in [0.15, 0.2) is 0 Å². The summed E-state index contributed by atoms with van der Waals surface area (Å²) in [6.45, 7) is 3.65. The van der Waals surface area contributed by atoms with Gasteiger partial charge in [-0.15, -0.1) is 0 Å². The van der Waals surface area contributed by atoms with E-state index in [9.17, 15) is 0 Å². The van der Waals surface area contributed by atoms with Crippen LogP contribution in [-0.2, 0) is 4.74 Å². The third-order valence-electron chi connectivity index (χ3n) is 2.96. The summed E-state index contributed by atoms with van der Waals surface area (Å²) in [7, 11) is 1.73. The first-order valence-corrected chi connectivity index (χ1v) is 5.70. The summed E-state index contributed by atoms with van der Waals surface area (Å²) >= 11 is 0. The number of nitrogen functional groups attached to an aromatic ring is 1. The van der Waals surface area contributed by atoms with Gasteiger partial charge in [0.1, 0.15) is 5.82 Å². The van der Waals surface area contributed by atoms with Gasteiger partial charge in [0.05, 0.1) is 18.5 Å². The largest absolute Gasteiger partial charge is 0.397 e. The van der Waals surface area contributed by atoms with Gasteiger partial charge in [0.2, 0.25) is 0 Å². The van der Waals surface area contributed by atoms with Gasteiger partial charge in [-0.1, -0.05) is 0 Å². The van der Waals surface area contributed by atoms with Gasteiger partial charge in [-0.2, -0.15) is 0 Å². The van der Waals surface area contributed by atoms with E-state index in [-0.39, 0.29) is 0 Å². The number of aromatic nitrogens is 1. The lowest BCUT2D eigenvalue weighted by atomic mass is 10.2. The Labute approximate surface area is 96.4 Å². The van der Waals surface area contributed by atoms with Gasteiger partial charge >= 0.3 is 0 Å². The number of hydrogen-bond acceptors (Lipinski definition) is 4. The van der Waals surface area contributed by atoms with Crippen LogP contribution in [0.15, 0.2) is 12.3 Å². The number of rotatable bonds is 5. The van der Waals surface area contributed by atoms with Crippen molar-refractivity contribution in [3.05, 3.63) is 17.8 Å². The summed E-state index contributed by atoms with van der Waals surface area (Å²) in [5, 5.41) is 0. The Morgan fingerprint density at radius 1 is 1.56 bits per heavy atom. The molecular weight excluding hydrogens is 202 g/mol. The Balaban J connectivity index is 2.14. The molecular formula is C12H19N3O. The fraction of sp³-hybridized carbons (Fsp3) is 0.583. The number of hydrogen-bond donors (Lipinski definition) is 1. The molecule has 88 valence electrons. The van der Waals surface area contributed by atoms with E-state index in [0.29, 0.717) is 6.04 Å². The molecule has 1 aliphatic carbocycles. The maximum atomic E-state index is 5.78. The molecule has 4 heteroatoms. The van der Waals surface area contributed by atoms with Crippen LogP contribution in [0, 0.1) is 6.92 Å². The predicted molar refractivity (Wildman–Crippen MR) is 65.6 cm³/mol. The third-order valence-corrected chi connectivity index (χ3v) is 2.96. The van der Waals surface area contributed by atoms with Gasteiger partial charge < -0.3 is 15.4 Å². The Kier molecular flexibility index (Phi) is 3.29. The summed E-state index contributed by atoms with van der Waals surface area (Å²) < 4.78 is 5.13. The Morgan fingerprint density at radius 3 is 2.88 bits per heavy atom. The number of nitrogens with two attached hydrogens (primary N) is 1. The molecule has 1 aliphatic rings. The number of pyridine rings is 1. The normalized spacial score (nSPS) is 15.1. The molecule has 1 saturated carbocycles. The minimum atomic E-state index is 0.644. The minimum absolute atomic E-state index is 0.644. The molecule has 1 fully saturated rings. The molecule has 0 bridgehead atoms. The van der Waals surface area contributed by atoms with Gasteiger partial charge in [0.25, 0.3) is 0 Å². The van der Waals surface area contributed by atoms with Crippen molar-refractivity contribution in [3.63, 3.8) is 0 Å². The molecule has 0 amide bonds. The zero-order valence-electron chi connectivity index (χ0n) is 9.94. The lowest BCUT2D eigenvalue weighted by Gasteiger charge is -2.23. The van der Waals surface area contributed by atoms with E-state index in [4.69, 9.17) is 10.5 Å². The highest BCUT2D eigenvalue weighted by Crippen LogP contribution is 2.31. The van der Waals surface area contributed by atoms with Crippen LogP contribution < -0.4 is 10.6 Å². The SMILES string of the molecule is COCCN(c1cc(C)c(N)cn1)C1CC1. The topological polar surface area (TPSA) is 51.4 Å². The molecule has 0 unspecified atom stereocenters. The Morgan fingerprint density at radius 2 is 2.31 bits per heavy atom. The zero-order chi connectivity index (χ0) is 11.5. The van der Waals surface area contributed by atoms with E-state index in [0.717, 1.165) is 30.2 Å². The Bertz CT molecular complexity index is 363. The maximum absolute atomic E-state index is 5.78. The second-order valence-corrected chi connectivity index (χ2v) is 4.32. The lowest BCUT2D eigenvalue weighted by Crippen LogP contribution is -2.30. The number of aryl methyl sites for hydroxylation is 1. The smallest absolute Gasteiger partial charge is 0.129 e. The number of methoxy groups -OCH3 is 1. The van der Waals surface area contributed by atoms with Crippen molar-refractivity contribution in [2.45, 2.75) is 25.8 Å². The van der Waals surface area contributed by atoms with Crippen LogP contribution in [0.5, 0.6) is 0 Å². The van der Waals surface area contributed by atoms with Crippen LogP contribution in [0.4, 0.5) is 11.5 Å². The van der Waals surface area contributed by atoms with Crippen molar-refractivity contribution in [3.8, 4) is 0 Å². The molecule has 2 rings (SSSR count). The zero-order valence-corrected chi connectivity index (χ0v) is 9.94. The van der Waals surface area contributed by atoms with E-state index in [1.165, 1.54) is 12.8 Å². The van der Waals surface area contributed by atoms with Crippen LogP contribution in [0.25, 0.3) is 0 Å². The third kappa shape index (κ3) is 2.44. The van der Waals surface area contributed by atoms with Crippen molar-refractivity contribution < 1.29 is 4.74 Å². The number of nitrogens with zero attached hydrogens (tertiary/aromatic N) is 2. The minimum Gasteiger partial charge on any atom is -0.397 e.